The van der Waals surface area contributed by atoms with Gasteiger partial charge in [0, 0.05) is 16.8 Å². The van der Waals surface area contributed by atoms with E-state index in [1.165, 1.54) is 4.88 Å². The van der Waals surface area contributed by atoms with Crippen LogP contribution in [-0.4, -0.2) is 32.2 Å². The van der Waals surface area contributed by atoms with Crippen LogP contribution in [0.1, 0.15) is 9.88 Å². The first-order valence-electron chi connectivity index (χ1n) is 8.57. The molecule has 0 aliphatic heterocycles. The third-order valence-electron chi connectivity index (χ3n) is 4.03. The number of aromatic amines is 1. The highest BCUT2D eigenvalue weighted by Gasteiger charge is 2.13. The van der Waals surface area contributed by atoms with Gasteiger partial charge in [-0.2, -0.15) is 5.10 Å². The van der Waals surface area contributed by atoms with E-state index in [-0.39, 0.29) is 12.5 Å². The number of aromatic nitrogens is 4. The van der Waals surface area contributed by atoms with Gasteiger partial charge in [0.1, 0.15) is 6.54 Å². The second-order valence-corrected chi connectivity index (χ2v) is 9.60. The van der Waals surface area contributed by atoms with E-state index in [9.17, 15) is 4.79 Å². The summed E-state index contributed by atoms with van der Waals surface area (Å²) in [6.07, 6.45) is 0.786. The number of nitrogens with zero attached hydrogens (tertiary/aromatic N) is 3. The zero-order valence-electron chi connectivity index (χ0n) is 15.0. The first kappa shape index (κ1) is 19.2. The molecule has 144 valence electrons. The third kappa shape index (κ3) is 4.30. The number of hydrogen-bond donors (Lipinski definition) is 2. The van der Waals surface area contributed by atoms with Crippen molar-refractivity contribution in [1.82, 2.24) is 25.1 Å². The lowest BCUT2D eigenvalue weighted by molar-refractivity contribution is -0.121. The van der Waals surface area contributed by atoms with E-state index in [2.05, 4.69) is 38.0 Å². The first-order valence-corrected chi connectivity index (χ1v) is 11.6. The van der Waals surface area contributed by atoms with Crippen LogP contribution in [0.4, 0.5) is 0 Å². The van der Waals surface area contributed by atoms with Crippen LogP contribution in [0.25, 0.3) is 21.3 Å². The van der Waals surface area contributed by atoms with Gasteiger partial charge in [0.25, 0.3) is 0 Å². The molecule has 4 rings (SSSR count). The van der Waals surface area contributed by atoms with Crippen molar-refractivity contribution in [3.63, 3.8) is 0 Å². The van der Waals surface area contributed by atoms with Gasteiger partial charge >= 0.3 is 0 Å². The van der Waals surface area contributed by atoms with E-state index in [1.54, 1.807) is 38.6 Å². The summed E-state index contributed by atoms with van der Waals surface area (Å²) >= 11 is 10.2. The molecule has 0 spiro atoms. The molecule has 0 fully saturated rings. The van der Waals surface area contributed by atoms with Gasteiger partial charge in [0.05, 0.1) is 20.5 Å². The van der Waals surface area contributed by atoms with Crippen molar-refractivity contribution in [2.45, 2.75) is 19.9 Å². The Morgan fingerprint density at radius 2 is 2.18 bits per heavy atom. The molecule has 0 saturated carbocycles. The first-order chi connectivity index (χ1) is 13.6. The van der Waals surface area contributed by atoms with Gasteiger partial charge in [-0.05, 0) is 49.1 Å². The van der Waals surface area contributed by atoms with Crippen LogP contribution < -0.4 is 5.32 Å². The van der Waals surface area contributed by atoms with E-state index < -0.39 is 0 Å². The summed E-state index contributed by atoms with van der Waals surface area (Å²) in [7, 11) is 0. The number of rotatable bonds is 7. The molecule has 0 saturated heterocycles. The van der Waals surface area contributed by atoms with Crippen LogP contribution in [0, 0.1) is 11.7 Å². The zero-order chi connectivity index (χ0) is 19.5. The Labute approximate surface area is 178 Å². The molecule has 0 unspecified atom stereocenters. The SMILES string of the molecule is Cc1nc(-c2ccc(CCNC(=O)Cn3c(-c4cccs4)n[nH]c3=S)s2)cs1. The molecule has 0 aliphatic carbocycles. The number of amides is 1. The fourth-order valence-electron chi connectivity index (χ4n) is 2.71. The van der Waals surface area contributed by atoms with Crippen LogP contribution >= 0.6 is 46.2 Å². The van der Waals surface area contributed by atoms with Crippen molar-refractivity contribution in [2.75, 3.05) is 6.54 Å². The van der Waals surface area contributed by atoms with Crippen molar-refractivity contribution >= 4 is 52.1 Å². The van der Waals surface area contributed by atoms with Gasteiger partial charge in [-0.15, -0.1) is 34.0 Å². The molecule has 2 N–H and O–H groups in total. The predicted molar refractivity (Wildman–Crippen MR) is 118 cm³/mol. The van der Waals surface area contributed by atoms with Gasteiger partial charge in [0.2, 0.25) is 5.91 Å². The van der Waals surface area contributed by atoms with Crippen molar-refractivity contribution in [3.05, 3.63) is 49.7 Å². The summed E-state index contributed by atoms with van der Waals surface area (Å²) in [4.78, 5) is 20.3. The summed E-state index contributed by atoms with van der Waals surface area (Å²) in [5, 5.41) is 15.1. The van der Waals surface area contributed by atoms with Gasteiger partial charge in [-0.3, -0.25) is 14.5 Å². The number of hydrogen-bond acceptors (Lipinski definition) is 7. The minimum absolute atomic E-state index is 0.0813. The van der Waals surface area contributed by atoms with Crippen molar-refractivity contribution in [1.29, 1.82) is 0 Å². The lowest BCUT2D eigenvalue weighted by atomic mass is 10.3. The molecule has 0 radical (unpaired) electrons. The monoisotopic (exact) mass is 447 g/mol. The molecule has 0 bridgehead atoms. The van der Waals surface area contributed by atoms with Crippen LogP contribution in [0.15, 0.2) is 35.0 Å². The molecular weight excluding hydrogens is 430 g/mol. The summed E-state index contributed by atoms with van der Waals surface area (Å²) in [6.45, 7) is 2.74. The van der Waals surface area contributed by atoms with E-state index in [1.807, 2.05) is 24.4 Å². The highest BCUT2D eigenvalue weighted by Crippen LogP contribution is 2.29. The minimum atomic E-state index is -0.0813. The molecule has 1 amide bonds. The lowest BCUT2D eigenvalue weighted by Gasteiger charge is -2.07. The number of aryl methyl sites for hydroxylation is 1. The topological polar surface area (TPSA) is 75.6 Å². The van der Waals surface area contributed by atoms with Gasteiger partial charge < -0.3 is 5.32 Å². The number of thiazole rings is 1. The van der Waals surface area contributed by atoms with E-state index in [0.717, 1.165) is 26.9 Å². The highest BCUT2D eigenvalue weighted by atomic mass is 32.1. The fraction of sp³-hybridized carbons (Fsp3) is 0.222. The van der Waals surface area contributed by atoms with Gasteiger partial charge in [0.15, 0.2) is 10.6 Å². The van der Waals surface area contributed by atoms with Gasteiger partial charge in [-0.25, -0.2) is 4.98 Å². The molecule has 4 heterocycles. The normalized spacial score (nSPS) is 11.0. The Kier molecular flexibility index (Phi) is 5.81. The predicted octanol–water partition coefficient (Wildman–Crippen LogP) is 4.52. The Bertz CT molecular complexity index is 1140. The second-order valence-electron chi connectivity index (χ2n) is 6.03. The van der Waals surface area contributed by atoms with Crippen molar-refractivity contribution < 1.29 is 4.79 Å². The third-order valence-corrected chi connectivity index (χ3v) is 7.15. The standard InChI is InChI=1S/C18H17N5OS4/c1-11-20-13(10-27-11)14-5-4-12(28-14)6-7-19-16(24)9-23-17(21-22-18(23)25)15-3-2-8-26-15/h2-5,8,10H,6-7,9H2,1H3,(H,19,24)(H,22,25). The molecule has 0 aromatic carbocycles. The summed E-state index contributed by atoms with van der Waals surface area (Å²) < 4.78 is 2.17. The number of thiophene rings is 2. The lowest BCUT2D eigenvalue weighted by Crippen LogP contribution is -2.29. The maximum absolute atomic E-state index is 12.4. The van der Waals surface area contributed by atoms with Crippen LogP contribution in [0.2, 0.25) is 0 Å². The molecule has 10 heteroatoms. The molecule has 28 heavy (non-hydrogen) atoms. The number of carbonyl (C=O) groups excluding carboxylic acids is 1. The molecule has 4 aromatic heterocycles. The Morgan fingerprint density at radius 1 is 1.29 bits per heavy atom. The van der Waals surface area contributed by atoms with Crippen LogP contribution in [0.3, 0.4) is 0 Å². The maximum Gasteiger partial charge on any atom is 0.240 e. The molecular formula is C18H17N5OS4. The van der Waals surface area contributed by atoms with Crippen molar-refractivity contribution in [3.8, 4) is 21.3 Å². The Balaban J connectivity index is 1.33. The average Bonchev–Trinajstić information content (AvgIpc) is 3.44. The smallest absolute Gasteiger partial charge is 0.240 e. The van der Waals surface area contributed by atoms with Crippen LogP contribution in [0.5, 0.6) is 0 Å². The molecule has 4 aromatic rings. The van der Waals surface area contributed by atoms with Crippen molar-refractivity contribution in [2.24, 2.45) is 0 Å². The Hall–Kier alpha value is -2.14. The minimum Gasteiger partial charge on any atom is -0.354 e. The van der Waals surface area contributed by atoms with Crippen LogP contribution in [-0.2, 0) is 17.8 Å². The number of nitrogens with one attached hydrogen (secondary N) is 2. The quantitative estimate of drug-likeness (QED) is 0.408. The summed E-state index contributed by atoms with van der Waals surface area (Å²) in [6, 6.07) is 8.10. The van der Waals surface area contributed by atoms with E-state index in [0.29, 0.717) is 17.1 Å². The average molecular weight is 448 g/mol. The van der Waals surface area contributed by atoms with Gasteiger partial charge in [-0.1, -0.05) is 6.07 Å². The summed E-state index contributed by atoms with van der Waals surface area (Å²) in [5.41, 5.74) is 1.03. The molecule has 6 nitrogen and oxygen atoms in total. The zero-order valence-corrected chi connectivity index (χ0v) is 18.2. The maximum atomic E-state index is 12.4. The van der Waals surface area contributed by atoms with E-state index in [4.69, 9.17) is 12.2 Å². The second kappa shape index (κ2) is 8.48. The van der Waals surface area contributed by atoms with E-state index >= 15 is 0 Å². The number of H-pyrrole nitrogens is 1. The fourth-order valence-corrected chi connectivity index (χ4v) is 5.28. The number of carbonyl (C=O) groups is 1. The molecule has 0 aliphatic rings. The largest absolute Gasteiger partial charge is 0.354 e. The Morgan fingerprint density at radius 3 is 2.93 bits per heavy atom. The highest BCUT2D eigenvalue weighted by molar-refractivity contribution is 7.71. The molecule has 0 atom stereocenters. The summed E-state index contributed by atoms with van der Waals surface area (Å²) in [5.74, 6) is 0.610.